The quantitative estimate of drug-likeness (QED) is 0.893. The summed E-state index contributed by atoms with van der Waals surface area (Å²) in [6.45, 7) is 8.93. The molecule has 0 aromatic heterocycles. The summed E-state index contributed by atoms with van der Waals surface area (Å²) < 4.78 is 0. The molecular weight excluding hydrogens is 255 g/mol. The molecule has 4 heteroatoms. The fourth-order valence-corrected chi connectivity index (χ4v) is 1.99. The summed E-state index contributed by atoms with van der Waals surface area (Å²) in [5, 5.41) is 3.37. The number of hydrogen-bond donors (Lipinski definition) is 1. The van der Waals surface area contributed by atoms with Gasteiger partial charge in [0.05, 0.1) is 0 Å². The Morgan fingerprint density at radius 1 is 1.00 bits per heavy atom. The third kappa shape index (κ3) is 4.38. The lowest BCUT2D eigenvalue weighted by molar-refractivity contribution is 0.589. The van der Waals surface area contributed by atoms with Crippen molar-refractivity contribution in [2.45, 2.75) is 19.8 Å². The second kappa shape index (κ2) is 7.80. The van der Waals surface area contributed by atoms with Crippen LogP contribution < -0.4 is 10.2 Å². The minimum absolute atomic E-state index is 0. The summed E-state index contributed by atoms with van der Waals surface area (Å²) in [5.41, 5.74) is 2.79. The highest BCUT2D eigenvalue weighted by Gasteiger charge is 2.10. The van der Waals surface area contributed by atoms with Gasteiger partial charge in [-0.2, -0.15) is 0 Å². The lowest BCUT2D eigenvalue weighted by Gasteiger charge is -2.29. The Hall–Kier alpha value is -0.440. The second-order valence-corrected chi connectivity index (χ2v) is 4.48. The molecule has 0 amide bonds. The van der Waals surface area contributed by atoms with Crippen molar-refractivity contribution in [3.63, 3.8) is 0 Å². The molecule has 1 heterocycles. The van der Waals surface area contributed by atoms with Gasteiger partial charge in [-0.05, 0) is 23.6 Å². The van der Waals surface area contributed by atoms with E-state index in [0.717, 1.165) is 26.2 Å². The molecule has 1 saturated heterocycles. The van der Waals surface area contributed by atoms with Gasteiger partial charge in [-0.15, -0.1) is 24.8 Å². The molecule has 0 saturated carbocycles. The Labute approximate surface area is 117 Å². The lowest BCUT2D eigenvalue weighted by Crippen LogP contribution is -2.43. The minimum atomic E-state index is 0. The SMILES string of the molecule is CC(C)c1ccc(N2CCNCC2)cc1.Cl.Cl. The zero-order valence-electron chi connectivity index (χ0n) is 10.5. The van der Waals surface area contributed by atoms with Crippen molar-refractivity contribution >= 4 is 30.5 Å². The van der Waals surface area contributed by atoms with Gasteiger partial charge in [0.2, 0.25) is 0 Å². The van der Waals surface area contributed by atoms with Crippen molar-refractivity contribution in [2.75, 3.05) is 31.1 Å². The molecule has 1 aromatic carbocycles. The first-order valence-corrected chi connectivity index (χ1v) is 5.83. The molecule has 0 unspecified atom stereocenters. The molecule has 17 heavy (non-hydrogen) atoms. The molecule has 1 fully saturated rings. The number of piperazine rings is 1. The van der Waals surface area contributed by atoms with Gasteiger partial charge in [0.1, 0.15) is 0 Å². The first-order chi connectivity index (χ1) is 7.27. The number of benzene rings is 1. The van der Waals surface area contributed by atoms with Crippen molar-refractivity contribution < 1.29 is 0 Å². The Balaban J connectivity index is 0.00000128. The second-order valence-electron chi connectivity index (χ2n) is 4.48. The highest BCUT2D eigenvalue weighted by Crippen LogP contribution is 2.20. The molecule has 2 nitrogen and oxygen atoms in total. The summed E-state index contributed by atoms with van der Waals surface area (Å²) in [5.74, 6) is 0.627. The smallest absolute Gasteiger partial charge is 0.0367 e. The Morgan fingerprint density at radius 3 is 2.00 bits per heavy atom. The van der Waals surface area contributed by atoms with Gasteiger partial charge in [0.25, 0.3) is 0 Å². The van der Waals surface area contributed by atoms with Gasteiger partial charge in [0, 0.05) is 31.9 Å². The van der Waals surface area contributed by atoms with Crippen LogP contribution in [0.25, 0.3) is 0 Å². The van der Waals surface area contributed by atoms with Gasteiger partial charge in [-0.25, -0.2) is 0 Å². The molecule has 1 aliphatic heterocycles. The van der Waals surface area contributed by atoms with Crippen LogP contribution >= 0.6 is 24.8 Å². The standard InChI is InChI=1S/C13H20N2.2ClH/c1-11(2)12-3-5-13(6-4-12)15-9-7-14-8-10-15;;/h3-6,11,14H,7-10H2,1-2H3;2*1H. The van der Waals surface area contributed by atoms with E-state index in [1.54, 1.807) is 0 Å². The van der Waals surface area contributed by atoms with Crippen LogP contribution in [0.1, 0.15) is 25.3 Å². The van der Waals surface area contributed by atoms with Gasteiger partial charge >= 0.3 is 0 Å². The predicted octanol–water partition coefficient (Wildman–Crippen LogP) is 3.06. The molecule has 0 aliphatic carbocycles. The van der Waals surface area contributed by atoms with Crippen LogP contribution in [0.5, 0.6) is 0 Å². The molecule has 0 spiro atoms. The fourth-order valence-electron chi connectivity index (χ4n) is 1.99. The minimum Gasteiger partial charge on any atom is -0.369 e. The van der Waals surface area contributed by atoms with Gasteiger partial charge in [0.15, 0.2) is 0 Å². The molecular formula is C13H22Cl2N2. The van der Waals surface area contributed by atoms with E-state index in [1.807, 2.05) is 0 Å². The number of anilines is 1. The molecule has 1 N–H and O–H groups in total. The molecule has 0 atom stereocenters. The number of nitrogens with one attached hydrogen (secondary N) is 1. The van der Waals surface area contributed by atoms with Crippen LogP contribution in [0.3, 0.4) is 0 Å². The Kier molecular flexibility index (Phi) is 7.60. The number of nitrogens with zero attached hydrogens (tertiary/aromatic N) is 1. The zero-order chi connectivity index (χ0) is 10.7. The maximum Gasteiger partial charge on any atom is 0.0367 e. The van der Waals surface area contributed by atoms with Crippen LogP contribution in [0.15, 0.2) is 24.3 Å². The van der Waals surface area contributed by atoms with Crippen LogP contribution in [-0.2, 0) is 0 Å². The van der Waals surface area contributed by atoms with E-state index in [1.165, 1.54) is 11.3 Å². The fraction of sp³-hybridized carbons (Fsp3) is 0.538. The maximum atomic E-state index is 3.37. The first-order valence-electron chi connectivity index (χ1n) is 5.83. The van der Waals surface area contributed by atoms with Gasteiger partial charge in [-0.3, -0.25) is 0 Å². The average molecular weight is 277 g/mol. The highest BCUT2D eigenvalue weighted by molar-refractivity contribution is 5.85. The molecule has 0 bridgehead atoms. The van der Waals surface area contributed by atoms with E-state index in [-0.39, 0.29) is 24.8 Å². The molecule has 2 rings (SSSR count). The number of rotatable bonds is 2. The molecule has 0 radical (unpaired) electrons. The Bertz CT molecular complexity index is 306. The third-order valence-electron chi connectivity index (χ3n) is 3.04. The van der Waals surface area contributed by atoms with Crippen LogP contribution in [0, 0.1) is 0 Å². The predicted molar refractivity (Wildman–Crippen MR) is 80.1 cm³/mol. The van der Waals surface area contributed by atoms with E-state index in [2.05, 4.69) is 48.3 Å². The molecule has 98 valence electrons. The topological polar surface area (TPSA) is 15.3 Å². The molecule has 1 aromatic rings. The van der Waals surface area contributed by atoms with Crippen molar-refractivity contribution in [3.05, 3.63) is 29.8 Å². The largest absolute Gasteiger partial charge is 0.369 e. The van der Waals surface area contributed by atoms with Gasteiger partial charge < -0.3 is 10.2 Å². The summed E-state index contributed by atoms with van der Waals surface area (Å²) in [7, 11) is 0. The average Bonchev–Trinajstić information content (AvgIpc) is 2.30. The van der Waals surface area contributed by atoms with E-state index in [9.17, 15) is 0 Å². The first kappa shape index (κ1) is 16.6. The number of hydrogen-bond acceptors (Lipinski definition) is 2. The summed E-state index contributed by atoms with van der Waals surface area (Å²) in [4.78, 5) is 2.45. The van der Waals surface area contributed by atoms with Crippen LogP contribution in [-0.4, -0.2) is 26.2 Å². The van der Waals surface area contributed by atoms with E-state index in [4.69, 9.17) is 0 Å². The maximum absolute atomic E-state index is 3.37. The highest BCUT2D eigenvalue weighted by atomic mass is 35.5. The van der Waals surface area contributed by atoms with Crippen molar-refractivity contribution in [1.29, 1.82) is 0 Å². The Morgan fingerprint density at radius 2 is 1.53 bits per heavy atom. The van der Waals surface area contributed by atoms with Crippen molar-refractivity contribution in [1.82, 2.24) is 5.32 Å². The van der Waals surface area contributed by atoms with E-state index >= 15 is 0 Å². The van der Waals surface area contributed by atoms with Crippen molar-refractivity contribution in [2.24, 2.45) is 0 Å². The summed E-state index contributed by atoms with van der Waals surface area (Å²) in [6, 6.07) is 9.01. The lowest BCUT2D eigenvalue weighted by atomic mass is 10.0. The van der Waals surface area contributed by atoms with Crippen molar-refractivity contribution in [3.8, 4) is 0 Å². The normalized spacial score (nSPS) is 15.1. The zero-order valence-corrected chi connectivity index (χ0v) is 12.1. The summed E-state index contributed by atoms with van der Waals surface area (Å²) >= 11 is 0. The van der Waals surface area contributed by atoms with E-state index in [0.29, 0.717) is 5.92 Å². The third-order valence-corrected chi connectivity index (χ3v) is 3.04. The van der Waals surface area contributed by atoms with Crippen LogP contribution in [0.2, 0.25) is 0 Å². The van der Waals surface area contributed by atoms with E-state index < -0.39 is 0 Å². The number of halogens is 2. The van der Waals surface area contributed by atoms with Crippen LogP contribution in [0.4, 0.5) is 5.69 Å². The molecule has 1 aliphatic rings. The summed E-state index contributed by atoms with van der Waals surface area (Å²) in [6.07, 6.45) is 0. The van der Waals surface area contributed by atoms with Gasteiger partial charge in [-0.1, -0.05) is 26.0 Å². The monoisotopic (exact) mass is 276 g/mol.